The largest absolute Gasteiger partial charge is 0.301 e. The molecule has 1 aromatic rings. The summed E-state index contributed by atoms with van der Waals surface area (Å²) in [5.74, 6) is 1.47. The Morgan fingerprint density at radius 3 is 2.67 bits per heavy atom. The van der Waals surface area contributed by atoms with Gasteiger partial charge in [0.05, 0.1) is 5.66 Å². The molecule has 5 unspecified atom stereocenters. The van der Waals surface area contributed by atoms with Crippen molar-refractivity contribution in [2.24, 2.45) is 11.8 Å². The molecule has 0 amide bonds. The molecule has 5 N–H and O–H groups in total. The zero-order chi connectivity index (χ0) is 18.9. The molecule has 5 atom stereocenters. The molecule has 3 aliphatic rings. The molecule has 27 heavy (non-hydrogen) atoms. The van der Waals surface area contributed by atoms with E-state index in [0.717, 1.165) is 25.6 Å². The van der Waals surface area contributed by atoms with Crippen molar-refractivity contribution in [2.75, 3.05) is 6.67 Å². The maximum Gasteiger partial charge on any atom is 0.128 e. The summed E-state index contributed by atoms with van der Waals surface area (Å²) in [5.41, 5.74) is 5.57. The molecule has 1 aromatic carbocycles. The number of benzene rings is 1. The number of hydrogen-bond acceptors (Lipinski definition) is 6. The Kier molecular flexibility index (Phi) is 5.83. The van der Waals surface area contributed by atoms with Crippen LogP contribution in [0.4, 0.5) is 0 Å². The molecule has 3 fully saturated rings. The Hall–Kier alpha value is -1.02. The van der Waals surface area contributed by atoms with E-state index in [2.05, 4.69) is 64.9 Å². The zero-order valence-electron chi connectivity index (χ0n) is 16.8. The smallest absolute Gasteiger partial charge is 0.128 e. The van der Waals surface area contributed by atoms with Crippen LogP contribution < -0.4 is 26.7 Å². The third kappa shape index (κ3) is 4.36. The fourth-order valence-corrected chi connectivity index (χ4v) is 4.42. The van der Waals surface area contributed by atoms with Crippen LogP contribution in [0.5, 0.6) is 0 Å². The summed E-state index contributed by atoms with van der Waals surface area (Å²) in [5, 5.41) is 14.7. The fraction of sp³-hybridized carbons (Fsp3) is 0.714. The van der Waals surface area contributed by atoms with Gasteiger partial charge in [0.2, 0.25) is 0 Å². The summed E-state index contributed by atoms with van der Waals surface area (Å²) in [6, 6.07) is 9.46. The lowest BCUT2D eigenvalue weighted by molar-refractivity contribution is 0.0329. The van der Waals surface area contributed by atoms with Crippen LogP contribution in [0.3, 0.4) is 0 Å². The average Bonchev–Trinajstić information content (AvgIpc) is 3.47. The Balaban J connectivity index is 1.40. The molecule has 6 nitrogen and oxygen atoms in total. The fourth-order valence-electron chi connectivity index (χ4n) is 4.42. The third-order valence-electron chi connectivity index (χ3n) is 6.64. The van der Waals surface area contributed by atoms with E-state index in [0.29, 0.717) is 12.0 Å². The first kappa shape index (κ1) is 19.3. The summed E-state index contributed by atoms with van der Waals surface area (Å²) >= 11 is 0. The summed E-state index contributed by atoms with van der Waals surface area (Å²) in [6.07, 6.45) is 5.22. The van der Waals surface area contributed by atoms with Crippen molar-refractivity contribution in [2.45, 2.75) is 77.1 Å². The lowest BCUT2D eigenvalue weighted by Crippen LogP contribution is -2.69. The average molecular weight is 374 g/mol. The highest BCUT2D eigenvalue weighted by molar-refractivity contribution is 5.25. The molecule has 0 bridgehead atoms. The van der Waals surface area contributed by atoms with Crippen LogP contribution in [0.25, 0.3) is 0 Å². The van der Waals surface area contributed by atoms with Gasteiger partial charge >= 0.3 is 0 Å². The van der Waals surface area contributed by atoms with Gasteiger partial charge in [0.15, 0.2) is 0 Å². The van der Waals surface area contributed by atoms with Gasteiger partial charge in [-0.25, -0.2) is 0 Å². The maximum absolute atomic E-state index is 5.38. The molecule has 4 rings (SSSR count). The predicted molar refractivity (Wildman–Crippen MR) is 107 cm³/mol. The topological polar surface area (TPSA) is 69.4 Å². The molecular weight excluding hydrogens is 338 g/mol. The van der Waals surface area contributed by atoms with Crippen LogP contribution in [0.2, 0.25) is 0 Å². The monoisotopic (exact) mass is 373 g/mol. The Morgan fingerprint density at radius 1 is 1.26 bits per heavy atom. The van der Waals surface area contributed by atoms with Crippen LogP contribution in [0.1, 0.15) is 63.7 Å². The number of nitrogens with one attached hydrogen (secondary N) is 5. The Bertz CT molecular complexity index is 620. The van der Waals surface area contributed by atoms with E-state index in [-0.39, 0.29) is 18.1 Å². The second-order valence-electron chi connectivity index (χ2n) is 8.56. The van der Waals surface area contributed by atoms with Crippen LogP contribution in [0.15, 0.2) is 24.3 Å². The highest BCUT2D eigenvalue weighted by Gasteiger charge is 2.44. The summed E-state index contributed by atoms with van der Waals surface area (Å²) < 4.78 is 0. The van der Waals surface area contributed by atoms with Crippen molar-refractivity contribution in [3.05, 3.63) is 35.4 Å². The molecule has 1 aliphatic carbocycles. The summed E-state index contributed by atoms with van der Waals surface area (Å²) in [7, 11) is 0. The minimum absolute atomic E-state index is 0.0176. The predicted octanol–water partition coefficient (Wildman–Crippen LogP) is 2.31. The molecular formula is C21H35N5O. The molecule has 2 saturated heterocycles. The SMILES string of the molecule is CCC(C)C1(NCc2ccc(C3NOC(C)N3)cc2)CC(C2CC2)NCN1. The molecule has 0 aromatic heterocycles. The van der Waals surface area contributed by atoms with Gasteiger partial charge in [0.25, 0.3) is 0 Å². The maximum atomic E-state index is 5.38. The number of hydroxylamine groups is 1. The summed E-state index contributed by atoms with van der Waals surface area (Å²) in [6.45, 7) is 8.45. The van der Waals surface area contributed by atoms with Gasteiger partial charge in [-0.2, -0.15) is 5.48 Å². The molecule has 0 spiro atoms. The van der Waals surface area contributed by atoms with Crippen LogP contribution in [-0.4, -0.2) is 24.6 Å². The van der Waals surface area contributed by atoms with Gasteiger partial charge in [0, 0.05) is 19.3 Å². The minimum atomic E-state index is 0.0176. The van der Waals surface area contributed by atoms with Crippen LogP contribution in [0, 0.1) is 11.8 Å². The van der Waals surface area contributed by atoms with E-state index < -0.39 is 0 Å². The molecule has 2 heterocycles. The molecule has 1 saturated carbocycles. The number of hydrogen-bond donors (Lipinski definition) is 5. The lowest BCUT2D eigenvalue weighted by Gasteiger charge is -2.47. The highest BCUT2D eigenvalue weighted by Crippen LogP contribution is 2.38. The minimum Gasteiger partial charge on any atom is -0.301 e. The van der Waals surface area contributed by atoms with Crippen molar-refractivity contribution in [1.29, 1.82) is 0 Å². The van der Waals surface area contributed by atoms with Crippen molar-refractivity contribution in [3.63, 3.8) is 0 Å². The zero-order valence-corrected chi connectivity index (χ0v) is 16.8. The standard InChI is InChI=1S/C21H35N5O/c1-4-14(2)21(11-19(17-9-10-17)22-13-24-21)23-12-16-5-7-18(8-6-16)20-25-15(3)27-26-20/h5-8,14-15,17,19-20,22-26H,4,9-13H2,1-3H3. The molecule has 6 heteroatoms. The highest BCUT2D eigenvalue weighted by atomic mass is 16.7. The summed E-state index contributed by atoms with van der Waals surface area (Å²) in [4.78, 5) is 5.38. The van der Waals surface area contributed by atoms with Gasteiger partial charge in [-0.05, 0) is 49.1 Å². The van der Waals surface area contributed by atoms with Crippen molar-refractivity contribution >= 4 is 0 Å². The first-order valence-corrected chi connectivity index (χ1v) is 10.6. The van der Waals surface area contributed by atoms with E-state index in [4.69, 9.17) is 4.84 Å². The van der Waals surface area contributed by atoms with E-state index >= 15 is 0 Å². The van der Waals surface area contributed by atoms with Gasteiger partial charge in [-0.3, -0.25) is 20.8 Å². The van der Waals surface area contributed by atoms with Gasteiger partial charge in [-0.1, -0.05) is 44.5 Å². The van der Waals surface area contributed by atoms with Crippen molar-refractivity contribution in [3.8, 4) is 0 Å². The first-order valence-electron chi connectivity index (χ1n) is 10.6. The second kappa shape index (κ2) is 8.15. The quantitative estimate of drug-likeness (QED) is 0.505. The van der Waals surface area contributed by atoms with Crippen molar-refractivity contribution in [1.82, 2.24) is 26.7 Å². The third-order valence-corrected chi connectivity index (χ3v) is 6.64. The van der Waals surface area contributed by atoms with Gasteiger partial charge in [-0.15, -0.1) is 0 Å². The molecule has 2 aliphatic heterocycles. The van der Waals surface area contributed by atoms with E-state index in [1.165, 1.54) is 30.4 Å². The Labute approximate surface area is 163 Å². The molecule has 150 valence electrons. The van der Waals surface area contributed by atoms with E-state index in [1.54, 1.807) is 0 Å². The second-order valence-corrected chi connectivity index (χ2v) is 8.56. The molecule has 0 radical (unpaired) electrons. The number of rotatable bonds is 7. The van der Waals surface area contributed by atoms with Gasteiger partial charge < -0.3 is 5.32 Å². The van der Waals surface area contributed by atoms with Crippen LogP contribution >= 0.6 is 0 Å². The Morgan fingerprint density at radius 2 is 2.04 bits per heavy atom. The van der Waals surface area contributed by atoms with E-state index in [1.807, 2.05) is 6.92 Å². The first-order chi connectivity index (χ1) is 13.1. The van der Waals surface area contributed by atoms with Crippen LogP contribution in [-0.2, 0) is 11.4 Å². The lowest BCUT2D eigenvalue weighted by atomic mass is 9.83. The van der Waals surface area contributed by atoms with E-state index in [9.17, 15) is 0 Å². The van der Waals surface area contributed by atoms with Crippen molar-refractivity contribution < 1.29 is 4.84 Å². The van der Waals surface area contributed by atoms with Gasteiger partial charge in [0.1, 0.15) is 12.4 Å². The normalized spacial score (nSPS) is 35.3.